The summed E-state index contributed by atoms with van der Waals surface area (Å²) in [6.45, 7) is 8.52. The van der Waals surface area contributed by atoms with Crippen molar-refractivity contribution in [3.8, 4) is 0 Å². The molecule has 0 spiro atoms. The third-order valence-electron chi connectivity index (χ3n) is 3.32. The second kappa shape index (κ2) is 5.88. The Hall–Kier alpha value is -1.48. The summed E-state index contributed by atoms with van der Waals surface area (Å²) < 4.78 is 0. The fourth-order valence-corrected chi connectivity index (χ4v) is 2.92. The van der Waals surface area contributed by atoms with Crippen LogP contribution in [0.1, 0.15) is 54.3 Å². The molecule has 0 radical (unpaired) electrons. The zero-order valence-electron chi connectivity index (χ0n) is 12.6. The largest absolute Gasteiger partial charge is 0.294 e. The van der Waals surface area contributed by atoms with Crippen molar-refractivity contribution in [3.05, 3.63) is 51.5 Å². The average molecular weight is 287 g/mol. The number of aryl methyl sites for hydroxylation is 1. The van der Waals surface area contributed by atoms with Crippen LogP contribution in [0.15, 0.2) is 29.6 Å². The minimum atomic E-state index is 0.0422. The topological polar surface area (TPSA) is 30.0 Å². The molecule has 0 N–H and O–H groups in total. The molecule has 0 amide bonds. The molecule has 0 aliphatic rings. The van der Waals surface area contributed by atoms with Gasteiger partial charge in [-0.2, -0.15) is 0 Å². The van der Waals surface area contributed by atoms with Gasteiger partial charge in [-0.25, -0.2) is 4.98 Å². The van der Waals surface area contributed by atoms with E-state index in [1.54, 1.807) is 11.3 Å². The smallest absolute Gasteiger partial charge is 0.169 e. The maximum absolute atomic E-state index is 12.2. The predicted molar refractivity (Wildman–Crippen MR) is 84.7 cm³/mol. The second-order valence-electron chi connectivity index (χ2n) is 6.03. The van der Waals surface area contributed by atoms with Gasteiger partial charge in [-0.05, 0) is 12.0 Å². The summed E-state index contributed by atoms with van der Waals surface area (Å²) in [6.07, 6.45) is 1.39. The first-order valence-corrected chi connectivity index (χ1v) is 7.85. The molecule has 0 unspecified atom stereocenters. The van der Waals surface area contributed by atoms with E-state index in [9.17, 15) is 4.79 Å². The molecule has 106 valence electrons. The lowest BCUT2D eigenvalue weighted by Crippen LogP contribution is -2.12. The summed E-state index contributed by atoms with van der Waals surface area (Å²) >= 11 is 1.58. The van der Waals surface area contributed by atoms with E-state index in [1.165, 1.54) is 5.56 Å². The van der Waals surface area contributed by atoms with Gasteiger partial charge in [0.1, 0.15) is 5.01 Å². The van der Waals surface area contributed by atoms with Crippen molar-refractivity contribution >= 4 is 17.1 Å². The molecule has 0 bridgehead atoms. The van der Waals surface area contributed by atoms with Gasteiger partial charge in [-0.1, -0.05) is 52.0 Å². The van der Waals surface area contributed by atoms with Crippen molar-refractivity contribution in [2.24, 2.45) is 0 Å². The fraction of sp³-hybridized carbons (Fsp3) is 0.412. The maximum atomic E-state index is 12.2. The first-order valence-electron chi connectivity index (χ1n) is 6.97. The van der Waals surface area contributed by atoms with Crippen LogP contribution in [0.5, 0.6) is 0 Å². The van der Waals surface area contributed by atoms with Gasteiger partial charge < -0.3 is 0 Å². The van der Waals surface area contributed by atoms with Gasteiger partial charge in [0.05, 0.1) is 12.1 Å². The number of aromatic nitrogens is 1. The summed E-state index contributed by atoms with van der Waals surface area (Å²) in [5, 5.41) is 2.96. The standard InChI is InChI=1S/C17H21NOS/c1-5-12-6-8-13(9-7-12)14(19)10-16-18-15(11-20-16)17(2,3)4/h6-9,11H,5,10H2,1-4H3. The van der Waals surface area contributed by atoms with E-state index in [2.05, 4.69) is 38.1 Å². The van der Waals surface area contributed by atoms with Gasteiger partial charge in [0.15, 0.2) is 5.78 Å². The molecule has 2 nitrogen and oxygen atoms in total. The number of rotatable bonds is 4. The number of thiazole rings is 1. The zero-order chi connectivity index (χ0) is 14.8. The van der Waals surface area contributed by atoms with Gasteiger partial charge in [0, 0.05) is 16.4 Å². The summed E-state index contributed by atoms with van der Waals surface area (Å²) in [5.74, 6) is 0.141. The van der Waals surface area contributed by atoms with Crippen LogP contribution in [-0.2, 0) is 18.3 Å². The molecular formula is C17H21NOS. The quantitative estimate of drug-likeness (QED) is 0.779. The molecule has 20 heavy (non-hydrogen) atoms. The molecule has 0 aliphatic carbocycles. The molecular weight excluding hydrogens is 266 g/mol. The molecule has 1 aromatic heterocycles. The third-order valence-corrected chi connectivity index (χ3v) is 4.16. The van der Waals surface area contributed by atoms with E-state index in [4.69, 9.17) is 0 Å². The number of ketones is 1. The van der Waals surface area contributed by atoms with Crippen LogP contribution < -0.4 is 0 Å². The van der Waals surface area contributed by atoms with E-state index in [-0.39, 0.29) is 11.2 Å². The molecule has 0 aliphatic heterocycles. The Morgan fingerprint density at radius 3 is 2.35 bits per heavy atom. The second-order valence-corrected chi connectivity index (χ2v) is 6.97. The monoisotopic (exact) mass is 287 g/mol. The normalized spacial score (nSPS) is 11.6. The van der Waals surface area contributed by atoms with Crippen LogP contribution >= 0.6 is 11.3 Å². The molecule has 0 atom stereocenters. The molecule has 0 saturated carbocycles. The SMILES string of the molecule is CCc1ccc(C(=O)Cc2nc(C(C)(C)C)cs2)cc1. The van der Waals surface area contributed by atoms with Crippen LogP contribution in [0.3, 0.4) is 0 Å². The fourth-order valence-electron chi connectivity index (χ4n) is 1.90. The Kier molecular flexibility index (Phi) is 4.39. The number of hydrogen-bond donors (Lipinski definition) is 0. The lowest BCUT2D eigenvalue weighted by Gasteiger charge is -2.14. The van der Waals surface area contributed by atoms with Crippen LogP contribution in [0, 0.1) is 0 Å². The predicted octanol–water partition coefficient (Wildman–Crippen LogP) is 4.43. The molecule has 2 aromatic rings. The van der Waals surface area contributed by atoms with Gasteiger partial charge >= 0.3 is 0 Å². The highest BCUT2D eigenvalue weighted by Gasteiger charge is 2.18. The van der Waals surface area contributed by atoms with E-state index in [0.717, 1.165) is 22.7 Å². The van der Waals surface area contributed by atoms with E-state index in [1.807, 2.05) is 24.3 Å². The number of nitrogens with zero attached hydrogens (tertiary/aromatic N) is 1. The van der Waals surface area contributed by atoms with Gasteiger partial charge in [-0.3, -0.25) is 4.79 Å². The van der Waals surface area contributed by atoms with Crippen molar-refractivity contribution in [1.82, 2.24) is 4.98 Å². The summed E-state index contributed by atoms with van der Waals surface area (Å²) in [5.41, 5.74) is 3.13. The van der Waals surface area contributed by atoms with Crippen molar-refractivity contribution in [2.45, 2.75) is 46.0 Å². The minimum Gasteiger partial charge on any atom is -0.294 e. The number of carbonyl (C=O) groups is 1. The Bertz CT molecular complexity index is 590. The Morgan fingerprint density at radius 2 is 1.85 bits per heavy atom. The van der Waals surface area contributed by atoms with Crippen molar-refractivity contribution in [2.75, 3.05) is 0 Å². The van der Waals surface area contributed by atoms with Gasteiger partial charge in [0.2, 0.25) is 0 Å². The van der Waals surface area contributed by atoms with E-state index >= 15 is 0 Å². The Balaban J connectivity index is 2.09. The minimum absolute atomic E-state index is 0.0422. The summed E-state index contributed by atoms with van der Waals surface area (Å²) in [7, 11) is 0. The third kappa shape index (κ3) is 3.54. The molecule has 1 heterocycles. The molecule has 3 heteroatoms. The van der Waals surface area contributed by atoms with Crippen LogP contribution in [0.25, 0.3) is 0 Å². The van der Waals surface area contributed by atoms with Gasteiger partial charge in [0.25, 0.3) is 0 Å². The molecule has 1 aromatic carbocycles. The lowest BCUT2D eigenvalue weighted by atomic mass is 9.93. The summed E-state index contributed by atoms with van der Waals surface area (Å²) in [6, 6.07) is 7.88. The van der Waals surface area contributed by atoms with Crippen LogP contribution in [-0.4, -0.2) is 10.8 Å². The Morgan fingerprint density at radius 1 is 1.20 bits per heavy atom. The lowest BCUT2D eigenvalue weighted by molar-refractivity contribution is 0.0993. The highest BCUT2D eigenvalue weighted by molar-refractivity contribution is 7.09. The van der Waals surface area contributed by atoms with Crippen molar-refractivity contribution in [3.63, 3.8) is 0 Å². The molecule has 0 fully saturated rings. The van der Waals surface area contributed by atoms with Crippen LogP contribution in [0.2, 0.25) is 0 Å². The highest BCUT2D eigenvalue weighted by Crippen LogP contribution is 2.24. The van der Waals surface area contributed by atoms with Crippen molar-refractivity contribution < 1.29 is 4.79 Å². The number of benzene rings is 1. The van der Waals surface area contributed by atoms with Crippen molar-refractivity contribution in [1.29, 1.82) is 0 Å². The van der Waals surface area contributed by atoms with E-state index in [0.29, 0.717) is 6.42 Å². The van der Waals surface area contributed by atoms with Crippen LogP contribution in [0.4, 0.5) is 0 Å². The Labute approximate surface area is 124 Å². The zero-order valence-corrected chi connectivity index (χ0v) is 13.4. The number of carbonyl (C=O) groups excluding carboxylic acids is 1. The average Bonchev–Trinajstić information content (AvgIpc) is 2.87. The maximum Gasteiger partial charge on any atom is 0.169 e. The summed E-state index contributed by atoms with van der Waals surface area (Å²) in [4.78, 5) is 16.8. The highest BCUT2D eigenvalue weighted by atomic mass is 32.1. The van der Waals surface area contributed by atoms with E-state index < -0.39 is 0 Å². The molecule has 0 saturated heterocycles. The number of hydrogen-bond acceptors (Lipinski definition) is 3. The molecule has 2 rings (SSSR count). The first-order chi connectivity index (χ1) is 9.40. The first kappa shape index (κ1) is 14.9. The van der Waals surface area contributed by atoms with Gasteiger partial charge in [-0.15, -0.1) is 11.3 Å². The number of Topliss-reactive ketones (excluding diaryl/α,β-unsaturated/α-hetero) is 1.